The first-order valence-electron chi connectivity index (χ1n) is 4.79. The van der Waals surface area contributed by atoms with E-state index in [1.165, 1.54) is 11.3 Å². The lowest BCUT2D eigenvalue weighted by Gasteiger charge is -1.89. The van der Waals surface area contributed by atoms with Crippen LogP contribution in [0, 0.1) is 0 Å². The van der Waals surface area contributed by atoms with Crippen molar-refractivity contribution < 1.29 is 4.52 Å². The molecule has 3 aromatic rings. The van der Waals surface area contributed by atoms with Gasteiger partial charge < -0.3 is 10.3 Å². The lowest BCUT2D eigenvalue weighted by molar-refractivity contribution is 0.431. The van der Waals surface area contributed by atoms with Crippen molar-refractivity contribution in [2.75, 3.05) is 5.73 Å². The summed E-state index contributed by atoms with van der Waals surface area (Å²) in [6.07, 6.45) is 1.67. The van der Waals surface area contributed by atoms with Crippen LogP contribution in [0.1, 0.15) is 0 Å². The smallest absolute Gasteiger partial charge is 0.277 e. The van der Waals surface area contributed by atoms with Gasteiger partial charge in [-0.15, -0.1) is 11.3 Å². The van der Waals surface area contributed by atoms with Gasteiger partial charge in [-0.3, -0.25) is 4.98 Å². The van der Waals surface area contributed by atoms with Crippen LogP contribution in [0.15, 0.2) is 34.3 Å². The minimum Gasteiger partial charge on any atom is -0.375 e. The van der Waals surface area contributed by atoms with E-state index >= 15 is 0 Å². The first kappa shape index (κ1) is 9.91. The second-order valence-electron chi connectivity index (χ2n) is 3.21. The fourth-order valence-electron chi connectivity index (χ4n) is 1.31. The normalized spacial score (nSPS) is 10.6. The highest BCUT2D eigenvalue weighted by Crippen LogP contribution is 2.23. The predicted octanol–water partition coefficient (Wildman–Crippen LogP) is 1.84. The third kappa shape index (κ3) is 1.87. The standard InChI is InChI=1S/C10H7N5OS/c11-10-13-7(5-17-10)9-14-8(15-16-9)6-3-1-2-4-12-6/h1-5H,(H2,11,13). The van der Waals surface area contributed by atoms with Gasteiger partial charge in [0.25, 0.3) is 5.89 Å². The number of anilines is 1. The van der Waals surface area contributed by atoms with Gasteiger partial charge in [-0.2, -0.15) is 4.98 Å². The summed E-state index contributed by atoms with van der Waals surface area (Å²) in [5.74, 6) is 0.783. The van der Waals surface area contributed by atoms with Gasteiger partial charge in [0.15, 0.2) is 5.13 Å². The molecule has 0 amide bonds. The Kier molecular flexibility index (Phi) is 2.30. The number of thiazole rings is 1. The van der Waals surface area contributed by atoms with Crippen molar-refractivity contribution in [3.63, 3.8) is 0 Å². The van der Waals surface area contributed by atoms with E-state index in [1.807, 2.05) is 18.2 Å². The molecule has 0 saturated heterocycles. The van der Waals surface area contributed by atoms with Crippen molar-refractivity contribution in [2.45, 2.75) is 0 Å². The largest absolute Gasteiger partial charge is 0.375 e. The summed E-state index contributed by atoms with van der Waals surface area (Å²) in [6.45, 7) is 0. The Hall–Kier alpha value is -2.28. The number of aromatic nitrogens is 4. The first-order chi connectivity index (χ1) is 8.33. The topological polar surface area (TPSA) is 90.7 Å². The Balaban J connectivity index is 1.99. The molecule has 0 fully saturated rings. The van der Waals surface area contributed by atoms with Gasteiger partial charge in [0.05, 0.1) is 0 Å². The molecule has 0 spiro atoms. The quantitative estimate of drug-likeness (QED) is 0.740. The van der Waals surface area contributed by atoms with E-state index in [0.29, 0.717) is 28.2 Å². The minimum atomic E-state index is 0.346. The SMILES string of the molecule is Nc1nc(-c2nc(-c3ccccn3)no2)cs1. The van der Waals surface area contributed by atoms with Crippen molar-refractivity contribution in [3.8, 4) is 23.1 Å². The highest BCUT2D eigenvalue weighted by Gasteiger charge is 2.13. The molecule has 7 heteroatoms. The van der Waals surface area contributed by atoms with E-state index in [2.05, 4.69) is 20.1 Å². The van der Waals surface area contributed by atoms with E-state index in [9.17, 15) is 0 Å². The van der Waals surface area contributed by atoms with E-state index in [-0.39, 0.29) is 0 Å². The molecule has 3 heterocycles. The summed E-state index contributed by atoms with van der Waals surface area (Å²) >= 11 is 1.33. The lowest BCUT2D eigenvalue weighted by Crippen LogP contribution is -1.85. The molecule has 0 aliphatic rings. The number of pyridine rings is 1. The fraction of sp³-hybridized carbons (Fsp3) is 0. The maximum atomic E-state index is 5.54. The summed E-state index contributed by atoms with van der Waals surface area (Å²) < 4.78 is 5.11. The van der Waals surface area contributed by atoms with Gasteiger partial charge in [0.2, 0.25) is 5.82 Å². The van der Waals surface area contributed by atoms with Crippen LogP contribution in [-0.2, 0) is 0 Å². The predicted molar refractivity (Wildman–Crippen MR) is 63.0 cm³/mol. The summed E-state index contributed by atoms with van der Waals surface area (Å²) in [6, 6.07) is 5.49. The highest BCUT2D eigenvalue weighted by molar-refractivity contribution is 7.13. The van der Waals surface area contributed by atoms with Gasteiger partial charge >= 0.3 is 0 Å². The molecule has 0 aromatic carbocycles. The third-order valence-corrected chi connectivity index (χ3v) is 2.73. The number of nitrogen functional groups attached to an aromatic ring is 1. The van der Waals surface area contributed by atoms with Crippen molar-refractivity contribution in [3.05, 3.63) is 29.8 Å². The Morgan fingerprint density at radius 3 is 2.82 bits per heavy atom. The molecule has 3 aromatic heterocycles. The molecule has 0 radical (unpaired) electrons. The number of rotatable bonds is 2. The van der Waals surface area contributed by atoms with E-state index in [1.54, 1.807) is 11.6 Å². The maximum absolute atomic E-state index is 5.54. The number of nitrogens with zero attached hydrogens (tertiary/aromatic N) is 4. The van der Waals surface area contributed by atoms with E-state index in [0.717, 1.165) is 0 Å². The molecule has 3 rings (SSSR count). The molecule has 0 aliphatic heterocycles. The van der Waals surface area contributed by atoms with E-state index in [4.69, 9.17) is 10.3 Å². The second-order valence-corrected chi connectivity index (χ2v) is 4.10. The second kappa shape index (κ2) is 3.95. The van der Waals surface area contributed by atoms with Crippen molar-refractivity contribution in [2.24, 2.45) is 0 Å². The molecule has 84 valence electrons. The molecule has 0 atom stereocenters. The monoisotopic (exact) mass is 245 g/mol. The fourth-order valence-corrected chi connectivity index (χ4v) is 1.85. The lowest BCUT2D eigenvalue weighted by atomic mass is 10.3. The summed E-state index contributed by atoms with van der Waals surface area (Å²) in [5, 5.41) is 6.09. The van der Waals surface area contributed by atoms with Crippen molar-refractivity contribution in [1.82, 2.24) is 20.1 Å². The summed E-state index contributed by atoms with van der Waals surface area (Å²) in [4.78, 5) is 12.4. The molecule has 17 heavy (non-hydrogen) atoms. The average Bonchev–Trinajstić information content (AvgIpc) is 2.98. The van der Waals surface area contributed by atoms with Crippen molar-refractivity contribution in [1.29, 1.82) is 0 Å². The Morgan fingerprint density at radius 1 is 1.18 bits per heavy atom. The average molecular weight is 245 g/mol. The highest BCUT2D eigenvalue weighted by atomic mass is 32.1. The minimum absolute atomic E-state index is 0.346. The number of hydrogen-bond acceptors (Lipinski definition) is 7. The molecule has 0 unspecified atom stereocenters. The van der Waals surface area contributed by atoms with Gasteiger partial charge in [-0.05, 0) is 12.1 Å². The molecule has 0 bridgehead atoms. The van der Waals surface area contributed by atoms with Gasteiger partial charge in [0.1, 0.15) is 11.4 Å². The zero-order valence-corrected chi connectivity index (χ0v) is 9.39. The molecular formula is C10H7N5OS. The summed E-state index contributed by atoms with van der Waals surface area (Å²) in [5.41, 5.74) is 6.78. The van der Waals surface area contributed by atoms with Crippen LogP contribution in [0.3, 0.4) is 0 Å². The van der Waals surface area contributed by atoms with Crippen LogP contribution in [0.5, 0.6) is 0 Å². The molecule has 6 nitrogen and oxygen atoms in total. The number of nitrogens with two attached hydrogens (primary N) is 1. The molecular weight excluding hydrogens is 238 g/mol. The zero-order chi connectivity index (χ0) is 11.7. The van der Waals surface area contributed by atoms with Crippen LogP contribution < -0.4 is 5.73 Å². The Morgan fingerprint density at radius 2 is 2.12 bits per heavy atom. The Bertz CT molecular complexity index is 633. The van der Waals surface area contributed by atoms with Crippen LogP contribution in [0.4, 0.5) is 5.13 Å². The van der Waals surface area contributed by atoms with Gasteiger partial charge in [0, 0.05) is 11.6 Å². The van der Waals surface area contributed by atoms with Gasteiger partial charge in [-0.25, -0.2) is 4.98 Å². The van der Waals surface area contributed by atoms with E-state index < -0.39 is 0 Å². The number of hydrogen-bond donors (Lipinski definition) is 1. The molecule has 0 aliphatic carbocycles. The molecule has 2 N–H and O–H groups in total. The van der Waals surface area contributed by atoms with Crippen LogP contribution in [0.2, 0.25) is 0 Å². The van der Waals surface area contributed by atoms with Gasteiger partial charge in [-0.1, -0.05) is 11.2 Å². The van der Waals surface area contributed by atoms with Crippen LogP contribution in [0.25, 0.3) is 23.1 Å². The zero-order valence-electron chi connectivity index (χ0n) is 8.57. The third-order valence-electron chi connectivity index (χ3n) is 2.06. The Labute approximate surface area is 100 Å². The van der Waals surface area contributed by atoms with Crippen molar-refractivity contribution >= 4 is 16.5 Å². The van der Waals surface area contributed by atoms with Crippen LogP contribution in [-0.4, -0.2) is 20.1 Å². The maximum Gasteiger partial charge on any atom is 0.277 e. The molecule has 0 saturated carbocycles. The summed E-state index contributed by atoms with van der Waals surface area (Å²) in [7, 11) is 0. The first-order valence-corrected chi connectivity index (χ1v) is 5.67. The van der Waals surface area contributed by atoms with Crippen LogP contribution >= 0.6 is 11.3 Å².